The molecular formula is C16H24O4. The molecule has 0 unspecified atom stereocenters. The number of aryl methyl sites for hydroxylation is 2. The summed E-state index contributed by atoms with van der Waals surface area (Å²) in [7, 11) is 0. The highest BCUT2D eigenvalue weighted by Crippen LogP contribution is 2.06. The molecule has 0 aliphatic heterocycles. The maximum absolute atomic E-state index is 10.2. The van der Waals surface area contributed by atoms with E-state index in [1.165, 1.54) is 11.1 Å². The first kappa shape index (κ1) is 18.2. The van der Waals surface area contributed by atoms with Crippen molar-refractivity contribution in [2.24, 2.45) is 5.92 Å². The van der Waals surface area contributed by atoms with E-state index in [0.29, 0.717) is 6.42 Å². The number of rotatable bonds is 6. The van der Waals surface area contributed by atoms with Crippen LogP contribution in [0.2, 0.25) is 0 Å². The van der Waals surface area contributed by atoms with Crippen LogP contribution >= 0.6 is 0 Å². The zero-order valence-electron chi connectivity index (χ0n) is 12.4. The van der Waals surface area contributed by atoms with E-state index < -0.39 is 17.9 Å². The molecule has 0 aliphatic rings. The Hall–Kier alpha value is -1.84. The van der Waals surface area contributed by atoms with Gasteiger partial charge in [0.05, 0.1) is 0 Å². The predicted octanol–water partition coefficient (Wildman–Crippen LogP) is 3.38. The fourth-order valence-electron chi connectivity index (χ4n) is 1.65. The molecule has 0 spiro atoms. The lowest BCUT2D eigenvalue weighted by Gasteiger charge is -2.02. The number of aliphatic carboxylic acids is 2. The molecule has 4 nitrogen and oxygen atoms in total. The van der Waals surface area contributed by atoms with Gasteiger partial charge in [0.15, 0.2) is 5.92 Å². The van der Waals surface area contributed by atoms with Crippen LogP contribution in [0.1, 0.15) is 44.7 Å². The number of carboxylic acids is 2. The minimum absolute atomic E-state index is 0.199. The van der Waals surface area contributed by atoms with Gasteiger partial charge in [-0.25, -0.2) is 0 Å². The minimum atomic E-state index is -1.26. The fraction of sp³-hybridized carbons (Fsp3) is 0.500. The van der Waals surface area contributed by atoms with Crippen molar-refractivity contribution in [3.63, 3.8) is 0 Å². The Morgan fingerprint density at radius 2 is 1.25 bits per heavy atom. The molecule has 0 radical (unpaired) electrons. The van der Waals surface area contributed by atoms with E-state index in [9.17, 15) is 9.59 Å². The first-order valence-electron chi connectivity index (χ1n) is 6.99. The standard InChI is InChI=1S/C10H14.C6H10O4/c1-3-9-5-7-10(4-2)8-6-9;1-2-3-4(5(7)8)6(9)10/h5-8H,3-4H2,1-2H3;4H,2-3H2,1H3,(H,7,8)(H,9,10). The summed E-state index contributed by atoms with van der Waals surface area (Å²) in [6.45, 7) is 6.11. The second kappa shape index (κ2) is 10.0. The van der Waals surface area contributed by atoms with E-state index in [2.05, 4.69) is 38.1 Å². The van der Waals surface area contributed by atoms with Crippen LogP contribution < -0.4 is 0 Å². The first-order chi connectivity index (χ1) is 9.46. The Kier molecular flexibility index (Phi) is 9.09. The molecule has 20 heavy (non-hydrogen) atoms. The molecule has 1 aromatic carbocycles. The summed E-state index contributed by atoms with van der Waals surface area (Å²) >= 11 is 0. The zero-order chi connectivity index (χ0) is 15.5. The second-order valence-corrected chi connectivity index (χ2v) is 4.54. The normalized spacial score (nSPS) is 9.80. The van der Waals surface area contributed by atoms with E-state index in [0.717, 1.165) is 12.8 Å². The lowest BCUT2D eigenvalue weighted by molar-refractivity contribution is -0.154. The summed E-state index contributed by atoms with van der Waals surface area (Å²) < 4.78 is 0. The van der Waals surface area contributed by atoms with E-state index in [4.69, 9.17) is 10.2 Å². The Morgan fingerprint density at radius 3 is 1.40 bits per heavy atom. The molecule has 0 heterocycles. The van der Waals surface area contributed by atoms with Gasteiger partial charge in [-0.1, -0.05) is 51.5 Å². The van der Waals surface area contributed by atoms with Crippen molar-refractivity contribution in [1.82, 2.24) is 0 Å². The molecule has 0 amide bonds. The zero-order valence-corrected chi connectivity index (χ0v) is 12.4. The van der Waals surface area contributed by atoms with Crippen LogP contribution in [0.25, 0.3) is 0 Å². The van der Waals surface area contributed by atoms with Crippen molar-refractivity contribution in [2.45, 2.75) is 46.5 Å². The van der Waals surface area contributed by atoms with Gasteiger partial charge in [0.25, 0.3) is 0 Å². The quantitative estimate of drug-likeness (QED) is 0.783. The van der Waals surface area contributed by atoms with Crippen LogP contribution in [0, 0.1) is 5.92 Å². The first-order valence-corrected chi connectivity index (χ1v) is 6.99. The van der Waals surface area contributed by atoms with E-state index in [1.54, 1.807) is 6.92 Å². The van der Waals surface area contributed by atoms with Crippen LogP contribution in [0.5, 0.6) is 0 Å². The smallest absolute Gasteiger partial charge is 0.317 e. The van der Waals surface area contributed by atoms with Crippen molar-refractivity contribution in [2.75, 3.05) is 0 Å². The van der Waals surface area contributed by atoms with E-state index >= 15 is 0 Å². The molecular weight excluding hydrogens is 256 g/mol. The Bertz CT molecular complexity index is 372. The van der Waals surface area contributed by atoms with E-state index in [1.807, 2.05) is 0 Å². The maximum atomic E-state index is 10.2. The number of carboxylic acid groups (broad SMARTS) is 2. The number of hydrogen-bond acceptors (Lipinski definition) is 2. The van der Waals surface area contributed by atoms with Crippen molar-refractivity contribution < 1.29 is 19.8 Å². The van der Waals surface area contributed by atoms with Gasteiger partial charge in [-0.05, 0) is 30.4 Å². The van der Waals surface area contributed by atoms with Gasteiger partial charge in [-0.3, -0.25) is 9.59 Å². The SMILES string of the molecule is CCCC(C(=O)O)C(=O)O.CCc1ccc(CC)cc1. The molecule has 2 N–H and O–H groups in total. The monoisotopic (exact) mass is 280 g/mol. The van der Waals surface area contributed by atoms with Crippen LogP contribution in [0.4, 0.5) is 0 Å². The summed E-state index contributed by atoms with van der Waals surface area (Å²) in [5, 5.41) is 16.6. The molecule has 0 aliphatic carbocycles. The number of benzene rings is 1. The Morgan fingerprint density at radius 1 is 0.900 bits per heavy atom. The largest absolute Gasteiger partial charge is 0.481 e. The van der Waals surface area contributed by atoms with Crippen molar-refractivity contribution in [3.05, 3.63) is 35.4 Å². The molecule has 0 bridgehead atoms. The van der Waals surface area contributed by atoms with E-state index in [-0.39, 0.29) is 6.42 Å². The molecule has 1 aromatic rings. The predicted molar refractivity (Wildman–Crippen MR) is 78.9 cm³/mol. The molecule has 1 rings (SSSR count). The van der Waals surface area contributed by atoms with Crippen LogP contribution in [-0.4, -0.2) is 22.2 Å². The highest BCUT2D eigenvalue weighted by atomic mass is 16.4. The summed E-state index contributed by atoms with van der Waals surface area (Å²) in [6, 6.07) is 8.83. The second-order valence-electron chi connectivity index (χ2n) is 4.54. The summed E-state index contributed by atoms with van der Waals surface area (Å²) in [6.07, 6.45) is 3.06. The van der Waals surface area contributed by atoms with Gasteiger partial charge in [0, 0.05) is 0 Å². The van der Waals surface area contributed by atoms with Gasteiger partial charge in [-0.2, -0.15) is 0 Å². The third-order valence-electron chi connectivity index (χ3n) is 3.01. The molecule has 0 saturated carbocycles. The summed E-state index contributed by atoms with van der Waals surface area (Å²) in [5.74, 6) is -3.74. The molecule has 0 saturated heterocycles. The van der Waals surface area contributed by atoms with Crippen LogP contribution in [0.15, 0.2) is 24.3 Å². The maximum Gasteiger partial charge on any atom is 0.317 e. The molecule has 112 valence electrons. The van der Waals surface area contributed by atoms with Gasteiger partial charge in [0.2, 0.25) is 0 Å². The molecule has 4 heteroatoms. The average Bonchev–Trinajstić information content (AvgIpc) is 2.44. The van der Waals surface area contributed by atoms with Crippen LogP contribution in [0.3, 0.4) is 0 Å². The van der Waals surface area contributed by atoms with Crippen molar-refractivity contribution >= 4 is 11.9 Å². The minimum Gasteiger partial charge on any atom is -0.481 e. The fourth-order valence-corrected chi connectivity index (χ4v) is 1.65. The van der Waals surface area contributed by atoms with Crippen LogP contribution in [-0.2, 0) is 22.4 Å². The van der Waals surface area contributed by atoms with Crippen molar-refractivity contribution in [3.8, 4) is 0 Å². The topological polar surface area (TPSA) is 74.6 Å². The van der Waals surface area contributed by atoms with Crippen molar-refractivity contribution in [1.29, 1.82) is 0 Å². The molecule has 0 atom stereocenters. The highest BCUT2D eigenvalue weighted by Gasteiger charge is 2.23. The molecule has 0 aromatic heterocycles. The third-order valence-corrected chi connectivity index (χ3v) is 3.01. The average molecular weight is 280 g/mol. The van der Waals surface area contributed by atoms with Gasteiger partial charge in [-0.15, -0.1) is 0 Å². The molecule has 0 fully saturated rings. The van der Waals surface area contributed by atoms with Gasteiger partial charge < -0.3 is 10.2 Å². The summed E-state index contributed by atoms with van der Waals surface area (Å²) in [4.78, 5) is 20.3. The third kappa shape index (κ3) is 6.92. The summed E-state index contributed by atoms with van der Waals surface area (Å²) in [5.41, 5.74) is 2.86. The lowest BCUT2D eigenvalue weighted by Crippen LogP contribution is -2.22. The number of hydrogen-bond donors (Lipinski definition) is 2. The highest BCUT2D eigenvalue weighted by molar-refractivity contribution is 5.92. The Labute approximate surface area is 120 Å². The lowest BCUT2D eigenvalue weighted by atomic mass is 10.1. The van der Waals surface area contributed by atoms with Gasteiger partial charge >= 0.3 is 11.9 Å². The Balaban J connectivity index is 0.000000361. The van der Waals surface area contributed by atoms with Gasteiger partial charge in [0.1, 0.15) is 0 Å². The number of carbonyl (C=O) groups is 2.